The first kappa shape index (κ1) is 11.6. The molecule has 1 amide bonds. The Hall–Kier alpha value is -1.47. The molecule has 0 saturated carbocycles. The van der Waals surface area contributed by atoms with Crippen LogP contribution in [0.2, 0.25) is 0 Å². The first-order chi connectivity index (χ1) is 6.64. The van der Waals surface area contributed by atoms with Gasteiger partial charge in [-0.05, 0) is 6.08 Å². The van der Waals surface area contributed by atoms with Crippen molar-refractivity contribution in [3.8, 4) is 0 Å². The fourth-order valence-corrected chi connectivity index (χ4v) is 0.896. The SMILES string of the molecule is O=C1[N][C]=CC(C(F)(F)F)=C1C(F)(F)F. The highest BCUT2D eigenvalue weighted by Gasteiger charge is 2.49. The second kappa shape index (κ2) is 3.28. The molecule has 0 aliphatic carbocycles. The van der Waals surface area contributed by atoms with Gasteiger partial charge in [0.25, 0.3) is 5.91 Å². The lowest BCUT2D eigenvalue weighted by atomic mass is 10.0. The molecule has 0 saturated heterocycles. The molecular weight excluding hydrogens is 228 g/mol. The van der Waals surface area contributed by atoms with E-state index in [0.717, 1.165) is 0 Å². The van der Waals surface area contributed by atoms with Gasteiger partial charge < -0.3 is 0 Å². The van der Waals surface area contributed by atoms with Crippen LogP contribution in [0.3, 0.4) is 0 Å². The molecule has 0 atom stereocenters. The summed E-state index contributed by atoms with van der Waals surface area (Å²) in [6.07, 6.45) is -9.19. The molecule has 1 aliphatic heterocycles. The fourth-order valence-electron chi connectivity index (χ4n) is 0.896. The van der Waals surface area contributed by atoms with Gasteiger partial charge in [0.15, 0.2) is 0 Å². The molecule has 82 valence electrons. The highest BCUT2D eigenvalue weighted by Crippen LogP contribution is 2.38. The summed E-state index contributed by atoms with van der Waals surface area (Å²) >= 11 is 0. The van der Waals surface area contributed by atoms with E-state index in [1.165, 1.54) is 6.20 Å². The standard InChI is InChI=1S/C7HF6NO/c8-6(9,10)3-1-2-14-5(15)4(3)7(11,12)13/h1H. The number of halogens is 6. The van der Waals surface area contributed by atoms with Gasteiger partial charge in [-0.1, -0.05) is 0 Å². The maximum Gasteiger partial charge on any atom is 0.422 e. The number of carbonyl (C=O) groups is 1. The molecule has 2 radical (unpaired) electrons. The lowest BCUT2D eigenvalue weighted by molar-refractivity contribution is -0.136. The van der Waals surface area contributed by atoms with Crippen molar-refractivity contribution in [2.45, 2.75) is 12.4 Å². The Balaban J connectivity index is 3.37. The van der Waals surface area contributed by atoms with Crippen molar-refractivity contribution in [3.63, 3.8) is 0 Å². The Morgan fingerprint density at radius 2 is 1.60 bits per heavy atom. The van der Waals surface area contributed by atoms with E-state index in [1.54, 1.807) is 0 Å². The number of amides is 1. The van der Waals surface area contributed by atoms with Crippen molar-refractivity contribution >= 4 is 5.91 Å². The maximum absolute atomic E-state index is 12.1. The highest BCUT2D eigenvalue weighted by atomic mass is 19.4. The zero-order chi connectivity index (χ0) is 11.9. The molecule has 0 aromatic carbocycles. The monoisotopic (exact) mass is 229 g/mol. The summed E-state index contributed by atoms with van der Waals surface area (Å²) in [5.74, 6) is -1.99. The van der Waals surface area contributed by atoms with Crippen molar-refractivity contribution in [1.29, 1.82) is 0 Å². The predicted octanol–water partition coefficient (Wildman–Crippen LogP) is 1.87. The number of nitrogens with zero attached hydrogens (tertiary/aromatic N) is 1. The normalized spacial score (nSPS) is 18.1. The van der Waals surface area contributed by atoms with E-state index in [1.807, 2.05) is 0 Å². The van der Waals surface area contributed by atoms with Crippen LogP contribution in [0.15, 0.2) is 17.2 Å². The first-order valence-corrected chi connectivity index (χ1v) is 3.36. The fraction of sp³-hybridized carbons (Fsp3) is 0.286. The van der Waals surface area contributed by atoms with Crippen LogP contribution in [0.1, 0.15) is 0 Å². The van der Waals surface area contributed by atoms with Gasteiger partial charge in [-0.2, -0.15) is 26.3 Å². The molecule has 1 rings (SSSR count). The van der Waals surface area contributed by atoms with Gasteiger partial charge in [0, 0.05) is 0 Å². The van der Waals surface area contributed by atoms with Gasteiger partial charge in [0.1, 0.15) is 5.57 Å². The Bertz CT molecular complexity index is 347. The van der Waals surface area contributed by atoms with Crippen LogP contribution in [0.5, 0.6) is 0 Å². The molecule has 8 heteroatoms. The number of hydrogen-bond acceptors (Lipinski definition) is 1. The van der Waals surface area contributed by atoms with Gasteiger partial charge in [-0.3, -0.25) is 4.79 Å². The third-order valence-electron chi connectivity index (χ3n) is 1.45. The van der Waals surface area contributed by atoms with Crippen molar-refractivity contribution in [1.82, 2.24) is 5.32 Å². The van der Waals surface area contributed by atoms with Crippen molar-refractivity contribution in [2.75, 3.05) is 0 Å². The van der Waals surface area contributed by atoms with Crippen LogP contribution in [-0.4, -0.2) is 18.3 Å². The minimum Gasteiger partial charge on any atom is -0.267 e. The van der Waals surface area contributed by atoms with E-state index in [2.05, 4.69) is 5.32 Å². The van der Waals surface area contributed by atoms with E-state index in [4.69, 9.17) is 0 Å². The molecule has 0 bridgehead atoms. The molecule has 1 aliphatic rings. The third-order valence-corrected chi connectivity index (χ3v) is 1.45. The van der Waals surface area contributed by atoms with Crippen LogP contribution < -0.4 is 5.32 Å². The molecule has 0 fully saturated rings. The molecule has 1 heterocycles. The van der Waals surface area contributed by atoms with Crippen LogP contribution in [0.25, 0.3) is 0 Å². The molecule has 0 aromatic rings. The summed E-state index contributed by atoms with van der Waals surface area (Å²) < 4.78 is 72.5. The molecule has 0 aromatic heterocycles. The number of alkyl halides is 6. The lowest BCUT2D eigenvalue weighted by Gasteiger charge is -2.18. The number of rotatable bonds is 0. The molecule has 15 heavy (non-hydrogen) atoms. The Kier molecular flexibility index (Phi) is 2.54. The minimum absolute atomic E-state index is 0.00970. The lowest BCUT2D eigenvalue weighted by Crippen LogP contribution is -2.32. The Morgan fingerprint density at radius 1 is 1.07 bits per heavy atom. The quantitative estimate of drug-likeness (QED) is 0.583. The van der Waals surface area contributed by atoms with Gasteiger partial charge in [0.05, 0.1) is 11.8 Å². The second-order valence-corrected chi connectivity index (χ2v) is 2.47. The summed E-state index contributed by atoms with van der Waals surface area (Å²) in [6, 6.07) is 0. The summed E-state index contributed by atoms with van der Waals surface area (Å²) in [5.41, 5.74) is -4.39. The molecule has 0 spiro atoms. The van der Waals surface area contributed by atoms with E-state index in [-0.39, 0.29) is 6.08 Å². The third kappa shape index (κ3) is 2.31. The maximum atomic E-state index is 12.1. The first-order valence-electron chi connectivity index (χ1n) is 3.36. The molecule has 2 nitrogen and oxygen atoms in total. The summed E-state index contributed by atoms with van der Waals surface area (Å²) in [7, 11) is 0. The average molecular weight is 229 g/mol. The zero-order valence-corrected chi connectivity index (χ0v) is 6.70. The molecular formula is C7HF6NO. The molecule has 0 unspecified atom stereocenters. The van der Waals surface area contributed by atoms with E-state index < -0.39 is 29.4 Å². The van der Waals surface area contributed by atoms with Crippen molar-refractivity contribution in [3.05, 3.63) is 23.4 Å². The van der Waals surface area contributed by atoms with Gasteiger partial charge in [0.2, 0.25) is 0 Å². The smallest absolute Gasteiger partial charge is 0.267 e. The van der Waals surface area contributed by atoms with Crippen LogP contribution in [-0.2, 0) is 4.79 Å². The summed E-state index contributed by atoms with van der Waals surface area (Å²) in [6.45, 7) is 0. The van der Waals surface area contributed by atoms with Gasteiger partial charge >= 0.3 is 12.4 Å². The van der Waals surface area contributed by atoms with E-state index >= 15 is 0 Å². The largest absolute Gasteiger partial charge is 0.422 e. The summed E-state index contributed by atoms with van der Waals surface area (Å²) in [5, 5.41) is 2.52. The Morgan fingerprint density at radius 3 is 1.93 bits per heavy atom. The number of hydrogen-bond donors (Lipinski definition) is 0. The van der Waals surface area contributed by atoms with E-state index in [0.29, 0.717) is 0 Å². The van der Waals surface area contributed by atoms with Crippen LogP contribution in [0.4, 0.5) is 26.3 Å². The van der Waals surface area contributed by atoms with Gasteiger partial charge in [-0.15, -0.1) is 0 Å². The highest BCUT2D eigenvalue weighted by molar-refractivity contribution is 5.97. The predicted molar refractivity (Wildman–Crippen MR) is 34.1 cm³/mol. The average Bonchev–Trinajstić information content (AvgIpc) is 1.99. The minimum atomic E-state index is -5.38. The topological polar surface area (TPSA) is 31.2 Å². The van der Waals surface area contributed by atoms with Crippen LogP contribution >= 0.6 is 0 Å². The Labute approximate surface area is 79.2 Å². The summed E-state index contributed by atoms with van der Waals surface area (Å²) in [4.78, 5) is 10.6. The number of carbonyl (C=O) groups excluding carboxylic acids is 1. The van der Waals surface area contributed by atoms with Crippen LogP contribution in [0, 0.1) is 6.20 Å². The second-order valence-electron chi connectivity index (χ2n) is 2.47. The van der Waals surface area contributed by atoms with Crippen molar-refractivity contribution in [2.24, 2.45) is 0 Å². The van der Waals surface area contributed by atoms with Gasteiger partial charge in [-0.25, -0.2) is 5.32 Å². The number of allylic oxidation sites excluding steroid dienone is 2. The zero-order valence-electron chi connectivity index (χ0n) is 6.70. The van der Waals surface area contributed by atoms with Crippen molar-refractivity contribution < 1.29 is 31.1 Å². The van der Waals surface area contributed by atoms with E-state index in [9.17, 15) is 31.1 Å². The molecule has 0 N–H and O–H groups in total.